The summed E-state index contributed by atoms with van der Waals surface area (Å²) in [5.41, 5.74) is 2.21. The molecule has 0 radical (unpaired) electrons. The number of aryl methyl sites for hydroxylation is 1. The van der Waals surface area contributed by atoms with Gasteiger partial charge in [-0.2, -0.15) is 0 Å². The molecule has 3 aromatic rings. The Bertz CT molecular complexity index is 1020. The predicted octanol–water partition coefficient (Wildman–Crippen LogP) is 3.71. The van der Waals surface area contributed by atoms with Gasteiger partial charge in [0.2, 0.25) is 0 Å². The van der Waals surface area contributed by atoms with E-state index in [4.69, 9.17) is 4.42 Å². The van der Waals surface area contributed by atoms with Crippen LogP contribution in [0, 0.1) is 6.92 Å². The zero-order valence-electron chi connectivity index (χ0n) is 14.2. The fraction of sp³-hybridized carbons (Fsp3) is 0.0952. The third kappa shape index (κ3) is 2.84. The van der Waals surface area contributed by atoms with Crippen molar-refractivity contribution in [1.82, 2.24) is 9.88 Å². The fourth-order valence-corrected chi connectivity index (χ4v) is 3.01. The van der Waals surface area contributed by atoms with E-state index in [0.29, 0.717) is 28.2 Å². The summed E-state index contributed by atoms with van der Waals surface area (Å²) in [5.74, 6) is 0.667. The van der Waals surface area contributed by atoms with Gasteiger partial charge in [0.1, 0.15) is 11.5 Å². The molecule has 0 N–H and O–H groups in total. The van der Waals surface area contributed by atoms with Gasteiger partial charge in [-0.1, -0.05) is 24.3 Å². The normalized spacial score (nSPS) is 15.4. The molecule has 2 aromatic heterocycles. The Labute approximate surface area is 150 Å². The second kappa shape index (κ2) is 6.44. The van der Waals surface area contributed by atoms with E-state index in [1.54, 1.807) is 48.7 Å². The number of imide groups is 1. The monoisotopic (exact) mass is 344 g/mol. The number of fused-ring (bicyclic) bond motifs is 1. The quantitative estimate of drug-likeness (QED) is 0.537. The van der Waals surface area contributed by atoms with Crippen LogP contribution in [0.25, 0.3) is 11.6 Å². The molecule has 0 unspecified atom stereocenters. The van der Waals surface area contributed by atoms with E-state index in [-0.39, 0.29) is 18.4 Å². The lowest BCUT2D eigenvalue weighted by Crippen LogP contribution is -2.41. The van der Waals surface area contributed by atoms with Crippen LogP contribution in [0.5, 0.6) is 0 Å². The van der Waals surface area contributed by atoms with E-state index in [2.05, 4.69) is 4.98 Å². The lowest BCUT2D eigenvalue weighted by atomic mass is 9.92. The molecule has 3 heterocycles. The first-order valence-electron chi connectivity index (χ1n) is 8.27. The molecule has 1 aromatic carbocycles. The molecule has 0 aliphatic carbocycles. The average Bonchev–Trinajstić information content (AvgIpc) is 3.08. The molecule has 4 rings (SSSR count). The Kier molecular flexibility index (Phi) is 3.97. The molecule has 1 aliphatic rings. The van der Waals surface area contributed by atoms with Gasteiger partial charge >= 0.3 is 0 Å². The largest absolute Gasteiger partial charge is 0.462 e. The van der Waals surface area contributed by atoms with E-state index < -0.39 is 0 Å². The maximum atomic E-state index is 13.1. The number of rotatable bonds is 3. The van der Waals surface area contributed by atoms with Crippen molar-refractivity contribution in [3.8, 4) is 0 Å². The first kappa shape index (κ1) is 16.0. The van der Waals surface area contributed by atoms with Crippen LogP contribution in [0.1, 0.15) is 33.1 Å². The van der Waals surface area contributed by atoms with E-state index >= 15 is 0 Å². The summed E-state index contributed by atoms with van der Waals surface area (Å²) in [6.45, 7) is 1.97. The number of benzene rings is 1. The Balaban J connectivity index is 1.80. The molecule has 0 fully saturated rings. The van der Waals surface area contributed by atoms with E-state index in [1.807, 2.05) is 25.1 Å². The van der Waals surface area contributed by atoms with Crippen LogP contribution in [-0.4, -0.2) is 21.7 Å². The second-order valence-corrected chi connectivity index (χ2v) is 6.07. The number of carbonyl (C=O) groups is 2. The summed E-state index contributed by atoms with van der Waals surface area (Å²) >= 11 is 0. The molecule has 1 aliphatic heterocycles. The van der Waals surface area contributed by atoms with E-state index in [1.165, 1.54) is 4.90 Å². The zero-order valence-corrected chi connectivity index (χ0v) is 14.2. The van der Waals surface area contributed by atoms with Crippen molar-refractivity contribution in [2.75, 3.05) is 0 Å². The maximum Gasteiger partial charge on any atom is 0.261 e. The molecule has 26 heavy (non-hydrogen) atoms. The minimum Gasteiger partial charge on any atom is -0.462 e. The van der Waals surface area contributed by atoms with Crippen LogP contribution in [0.15, 0.2) is 65.2 Å². The first-order valence-corrected chi connectivity index (χ1v) is 8.27. The van der Waals surface area contributed by atoms with Gasteiger partial charge in [0, 0.05) is 17.3 Å². The smallest absolute Gasteiger partial charge is 0.261 e. The Hall–Kier alpha value is -3.47. The highest BCUT2D eigenvalue weighted by atomic mass is 16.3. The summed E-state index contributed by atoms with van der Waals surface area (Å²) in [6.07, 6.45) is 3.33. The van der Waals surface area contributed by atoms with Crippen LogP contribution >= 0.6 is 0 Å². The van der Waals surface area contributed by atoms with Crippen molar-refractivity contribution in [1.29, 1.82) is 0 Å². The van der Waals surface area contributed by atoms with Crippen LogP contribution in [0.2, 0.25) is 0 Å². The Morgan fingerprint density at radius 3 is 2.42 bits per heavy atom. The van der Waals surface area contributed by atoms with Gasteiger partial charge in [0.15, 0.2) is 0 Å². The number of amides is 2. The van der Waals surface area contributed by atoms with E-state index in [9.17, 15) is 9.59 Å². The average molecular weight is 344 g/mol. The third-order valence-corrected chi connectivity index (χ3v) is 4.26. The van der Waals surface area contributed by atoms with Gasteiger partial charge in [-0.3, -0.25) is 19.5 Å². The molecular weight excluding hydrogens is 328 g/mol. The highest BCUT2D eigenvalue weighted by Gasteiger charge is 2.35. The highest BCUT2D eigenvalue weighted by Crippen LogP contribution is 2.31. The minimum atomic E-state index is -0.353. The third-order valence-electron chi connectivity index (χ3n) is 4.26. The minimum absolute atomic E-state index is 0.126. The van der Waals surface area contributed by atoms with Crippen molar-refractivity contribution in [3.63, 3.8) is 0 Å². The van der Waals surface area contributed by atoms with Gasteiger partial charge in [-0.05, 0) is 43.3 Å². The maximum absolute atomic E-state index is 13.1. The van der Waals surface area contributed by atoms with Gasteiger partial charge < -0.3 is 4.42 Å². The topological polar surface area (TPSA) is 63.4 Å². The number of hydrogen-bond donors (Lipinski definition) is 0. The van der Waals surface area contributed by atoms with Crippen LogP contribution < -0.4 is 0 Å². The summed E-state index contributed by atoms with van der Waals surface area (Å²) in [4.78, 5) is 31.4. The van der Waals surface area contributed by atoms with Gasteiger partial charge in [-0.25, -0.2) is 0 Å². The second-order valence-electron chi connectivity index (χ2n) is 6.07. The molecule has 128 valence electrons. The summed E-state index contributed by atoms with van der Waals surface area (Å²) in [5, 5.41) is 0. The SMILES string of the molecule is Cc1ccc(/C=C2/C(=O)N(Cc3ccccn3)C(=O)c3ccccc32)o1. The molecule has 2 amide bonds. The molecule has 0 bridgehead atoms. The van der Waals surface area contributed by atoms with Gasteiger partial charge in [0.25, 0.3) is 11.8 Å². The molecule has 0 saturated carbocycles. The lowest BCUT2D eigenvalue weighted by Gasteiger charge is -2.28. The zero-order chi connectivity index (χ0) is 18.1. The predicted molar refractivity (Wildman–Crippen MR) is 96.9 cm³/mol. The Morgan fingerprint density at radius 1 is 0.962 bits per heavy atom. The van der Waals surface area contributed by atoms with Crippen molar-refractivity contribution >= 4 is 23.5 Å². The highest BCUT2D eigenvalue weighted by molar-refractivity contribution is 6.33. The molecule has 0 atom stereocenters. The molecule has 5 heteroatoms. The van der Waals surface area contributed by atoms with Crippen molar-refractivity contribution in [2.45, 2.75) is 13.5 Å². The number of furan rings is 1. The van der Waals surface area contributed by atoms with Crippen LogP contribution in [0.4, 0.5) is 0 Å². The molecular formula is C21H16N2O3. The molecule has 0 spiro atoms. The van der Waals surface area contributed by atoms with Crippen molar-refractivity contribution in [3.05, 3.63) is 89.1 Å². The summed E-state index contributed by atoms with van der Waals surface area (Å²) < 4.78 is 5.59. The first-order chi connectivity index (χ1) is 12.6. The Morgan fingerprint density at radius 2 is 1.73 bits per heavy atom. The summed E-state index contributed by atoms with van der Waals surface area (Å²) in [6, 6.07) is 16.2. The summed E-state index contributed by atoms with van der Waals surface area (Å²) in [7, 11) is 0. The number of pyridine rings is 1. The molecule has 0 saturated heterocycles. The molecule has 5 nitrogen and oxygen atoms in total. The van der Waals surface area contributed by atoms with Gasteiger partial charge in [-0.15, -0.1) is 0 Å². The van der Waals surface area contributed by atoms with Crippen LogP contribution in [-0.2, 0) is 11.3 Å². The number of nitrogens with zero attached hydrogens (tertiary/aromatic N) is 2. The van der Waals surface area contributed by atoms with E-state index in [0.717, 1.165) is 5.76 Å². The van der Waals surface area contributed by atoms with Crippen LogP contribution in [0.3, 0.4) is 0 Å². The van der Waals surface area contributed by atoms with Gasteiger partial charge in [0.05, 0.1) is 17.8 Å². The lowest BCUT2D eigenvalue weighted by molar-refractivity contribution is -0.123. The standard InChI is InChI=1S/C21H16N2O3/c1-14-9-10-16(26-14)12-19-17-7-2-3-8-18(17)20(24)23(21(19)25)13-15-6-4-5-11-22-15/h2-12H,13H2,1H3/b19-12+. The van der Waals surface area contributed by atoms with Crippen molar-refractivity contribution < 1.29 is 14.0 Å². The number of carbonyl (C=O) groups excluding carboxylic acids is 2. The number of aromatic nitrogens is 1. The van der Waals surface area contributed by atoms with Crippen molar-refractivity contribution in [2.24, 2.45) is 0 Å². The number of hydrogen-bond acceptors (Lipinski definition) is 4. The fourth-order valence-electron chi connectivity index (χ4n) is 3.01.